The van der Waals surface area contributed by atoms with E-state index in [1.54, 1.807) is 0 Å². The van der Waals surface area contributed by atoms with Gasteiger partial charge < -0.3 is 9.67 Å². The second-order valence-corrected chi connectivity index (χ2v) is 6.17. The quantitative estimate of drug-likeness (QED) is 0.724. The fourth-order valence-electron chi connectivity index (χ4n) is 4.11. The van der Waals surface area contributed by atoms with E-state index in [0.29, 0.717) is 0 Å². The summed E-state index contributed by atoms with van der Waals surface area (Å²) in [6.07, 6.45) is 7.02. The van der Waals surface area contributed by atoms with Crippen LogP contribution < -0.4 is 0 Å². The Kier molecular flexibility index (Phi) is 2.38. The zero-order chi connectivity index (χ0) is 14.7. The van der Waals surface area contributed by atoms with Crippen molar-refractivity contribution in [3.63, 3.8) is 0 Å². The molecule has 0 amide bonds. The van der Waals surface area contributed by atoms with Gasteiger partial charge in [-0.05, 0) is 24.0 Å². The van der Waals surface area contributed by atoms with E-state index < -0.39 is 6.10 Å². The Morgan fingerprint density at radius 1 is 1.23 bits per heavy atom. The Labute approximate surface area is 127 Å². The summed E-state index contributed by atoms with van der Waals surface area (Å²) in [6, 6.07) is 8.58. The fourth-order valence-corrected chi connectivity index (χ4v) is 4.11. The SMILES string of the molecule is OC1c2[nH]ncc2CCC1[C@H]1c2ccccc2-c2cncn21. The van der Waals surface area contributed by atoms with Crippen LogP contribution in [0.5, 0.6) is 0 Å². The number of aromatic nitrogens is 4. The van der Waals surface area contributed by atoms with E-state index in [1.807, 2.05) is 18.7 Å². The van der Waals surface area contributed by atoms with Gasteiger partial charge in [0, 0.05) is 11.5 Å². The molecule has 2 aliphatic rings. The third kappa shape index (κ3) is 1.46. The van der Waals surface area contributed by atoms with Crippen LogP contribution in [0.1, 0.15) is 35.4 Å². The summed E-state index contributed by atoms with van der Waals surface area (Å²) in [5.74, 6) is 0.129. The molecule has 3 atom stereocenters. The maximum atomic E-state index is 10.9. The highest BCUT2D eigenvalue weighted by Crippen LogP contribution is 2.49. The molecule has 2 aromatic heterocycles. The van der Waals surface area contributed by atoms with E-state index in [9.17, 15) is 5.11 Å². The Balaban J connectivity index is 1.65. The van der Waals surface area contributed by atoms with Gasteiger partial charge in [-0.2, -0.15) is 5.10 Å². The molecule has 0 fully saturated rings. The third-order valence-electron chi connectivity index (χ3n) is 5.13. The normalized spacial score (nSPS) is 25.6. The van der Waals surface area contributed by atoms with Gasteiger partial charge in [-0.25, -0.2) is 4.98 Å². The first kappa shape index (κ1) is 12.2. The van der Waals surface area contributed by atoms with E-state index in [1.165, 1.54) is 11.1 Å². The van der Waals surface area contributed by atoms with Crippen molar-refractivity contribution in [2.75, 3.05) is 0 Å². The van der Waals surface area contributed by atoms with Crippen molar-refractivity contribution in [2.24, 2.45) is 5.92 Å². The lowest BCUT2D eigenvalue weighted by atomic mass is 9.78. The third-order valence-corrected chi connectivity index (χ3v) is 5.13. The van der Waals surface area contributed by atoms with Gasteiger partial charge in [0.05, 0.1) is 36.2 Å². The Bertz CT molecular complexity index is 850. The molecular formula is C17H16N4O. The van der Waals surface area contributed by atoms with E-state index in [0.717, 1.165) is 29.8 Å². The van der Waals surface area contributed by atoms with Gasteiger partial charge in [-0.1, -0.05) is 24.3 Å². The number of hydrogen-bond acceptors (Lipinski definition) is 3. The smallest absolute Gasteiger partial charge is 0.101 e. The number of aromatic amines is 1. The molecule has 5 heteroatoms. The molecule has 5 rings (SSSR count). The summed E-state index contributed by atoms with van der Waals surface area (Å²) < 4.78 is 2.21. The summed E-state index contributed by atoms with van der Waals surface area (Å²) >= 11 is 0. The number of aliphatic hydroxyl groups excluding tert-OH is 1. The van der Waals surface area contributed by atoms with E-state index in [2.05, 4.69) is 44.0 Å². The van der Waals surface area contributed by atoms with Gasteiger partial charge >= 0.3 is 0 Å². The first-order valence-corrected chi connectivity index (χ1v) is 7.66. The highest BCUT2D eigenvalue weighted by Gasteiger charge is 2.41. The second kappa shape index (κ2) is 4.30. The molecule has 1 aromatic carbocycles. The molecule has 3 heterocycles. The predicted octanol–water partition coefficient (Wildman–Crippen LogP) is 2.47. The molecule has 0 saturated heterocycles. The number of fused-ring (bicyclic) bond motifs is 4. The van der Waals surface area contributed by atoms with E-state index >= 15 is 0 Å². The second-order valence-electron chi connectivity index (χ2n) is 6.17. The molecule has 110 valence electrons. The lowest BCUT2D eigenvalue weighted by Gasteiger charge is -2.33. The van der Waals surface area contributed by atoms with Crippen LogP contribution >= 0.6 is 0 Å². The molecule has 3 aromatic rings. The molecule has 0 saturated carbocycles. The number of imidazole rings is 1. The average molecular weight is 292 g/mol. The molecule has 0 bridgehead atoms. The molecule has 1 aliphatic heterocycles. The molecule has 2 unspecified atom stereocenters. The maximum absolute atomic E-state index is 10.9. The van der Waals surface area contributed by atoms with Crippen molar-refractivity contribution in [1.29, 1.82) is 0 Å². The highest BCUT2D eigenvalue weighted by atomic mass is 16.3. The molecule has 0 spiro atoms. The van der Waals surface area contributed by atoms with Crippen molar-refractivity contribution in [3.8, 4) is 11.3 Å². The zero-order valence-electron chi connectivity index (χ0n) is 12.0. The topological polar surface area (TPSA) is 66.7 Å². The Morgan fingerprint density at radius 2 is 2.14 bits per heavy atom. The van der Waals surface area contributed by atoms with Crippen LogP contribution in [-0.2, 0) is 6.42 Å². The predicted molar refractivity (Wildman–Crippen MR) is 81.2 cm³/mol. The van der Waals surface area contributed by atoms with Gasteiger partial charge in [0.2, 0.25) is 0 Å². The maximum Gasteiger partial charge on any atom is 0.101 e. The first-order chi connectivity index (χ1) is 10.8. The largest absolute Gasteiger partial charge is 0.386 e. The standard InChI is InChI=1S/C17H16N4O/c22-17-13(6-5-10-7-19-20-15(10)17)16-12-4-2-1-3-11(12)14-8-18-9-21(14)16/h1-4,7-9,13,16-17,22H,5-6H2,(H,19,20)/t13?,16-,17?/m1/s1. The van der Waals surface area contributed by atoms with Crippen molar-refractivity contribution in [3.05, 3.63) is 59.8 Å². The molecule has 5 nitrogen and oxygen atoms in total. The minimum atomic E-state index is -0.516. The van der Waals surface area contributed by atoms with Crippen LogP contribution in [0, 0.1) is 5.92 Å². The number of nitrogens with one attached hydrogen (secondary N) is 1. The first-order valence-electron chi connectivity index (χ1n) is 7.66. The average Bonchev–Trinajstić information content (AvgIpc) is 3.23. The number of hydrogen-bond donors (Lipinski definition) is 2. The van der Waals surface area contributed by atoms with Crippen LogP contribution in [0.3, 0.4) is 0 Å². The monoisotopic (exact) mass is 292 g/mol. The van der Waals surface area contributed by atoms with Crippen LogP contribution in [0.4, 0.5) is 0 Å². The summed E-state index contributed by atoms with van der Waals surface area (Å²) in [4.78, 5) is 4.31. The molecule has 1 aliphatic carbocycles. The zero-order valence-corrected chi connectivity index (χ0v) is 12.0. The number of H-pyrrole nitrogens is 1. The lowest BCUT2D eigenvalue weighted by molar-refractivity contribution is 0.0684. The van der Waals surface area contributed by atoms with Crippen LogP contribution in [0.15, 0.2) is 43.0 Å². The van der Waals surface area contributed by atoms with Crippen molar-refractivity contribution < 1.29 is 5.11 Å². The van der Waals surface area contributed by atoms with Gasteiger partial charge in [0.15, 0.2) is 0 Å². The summed E-state index contributed by atoms with van der Waals surface area (Å²) in [6.45, 7) is 0. The summed E-state index contributed by atoms with van der Waals surface area (Å²) in [5, 5.41) is 17.9. The molecule has 0 radical (unpaired) electrons. The minimum absolute atomic E-state index is 0.129. The summed E-state index contributed by atoms with van der Waals surface area (Å²) in [7, 11) is 0. The minimum Gasteiger partial charge on any atom is -0.386 e. The number of aliphatic hydroxyl groups is 1. The van der Waals surface area contributed by atoms with Crippen LogP contribution in [0.25, 0.3) is 11.3 Å². The number of nitrogens with zero attached hydrogens (tertiary/aromatic N) is 3. The van der Waals surface area contributed by atoms with Gasteiger partial charge in [-0.3, -0.25) is 5.10 Å². The Morgan fingerprint density at radius 3 is 3.09 bits per heavy atom. The van der Waals surface area contributed by atoms with Gasteiger partial charge in [0.1, 0.15) is 6.10 Å². The van der Waals surface area contributed by atoms with Gasteiger partial charge in [-0.15, -0.1) is 0 Å². The fraction of sp³-hybridized carbons (Fsp3) is 0.294. The number of rotatable bonds is 1. The molecule has 2 N–H and O–H groups in total. The van der Waals surface area contributed by atoms with E-state index in [4.69, 9.17) is 0 Å². The van der Waals surface area contributed by atoms with Crippen LogP contribution in [0.2, 0.25) is 0 Å². The van der Waals surface area contributed by atoms with Gasteiger partial charge in [0.25, 0.3) is 0 Å². The lowest BCUT2D eigenvalue weighted by Crippen LogP contribution is -2.28. The van der Waals surface area contributed by atoms with Crippen molar-refractivity contribution in [1.82, 2.24) is 19.7 Å². The van der Waals surface area contributed by atoms with Crippen LogP contribution in [-0.4, -0.2) is 24.9 Å². The highest BCUT2D eigenvalue weighted by molar-refractivity contribution is 5.69. The van der Waals surface area contributed by atoms with Crippen molar-refractivity contribution in [2.45, 2.75) is 25.0 Å². The van der Waals surface area contributed by atoms with E-state index in [-0.39, 0.29) is 12.0 Å². The molecule has 22 heavy (non-hydrogen) atoms. The van der Waals surface area contributed by atoms with Crippen molar-refractivity contribution >= 4 is 0 Å². The number of benzene rings is 1. The number of aryl methyl sites for hydroxylation is 1. The molecular weight excluding hydrogens is 276 g/mol. The summed E-state index contributed by atoms with van der Waals surface area (Å²) in [5.41, 5.74) is 5.67. The Hall–Kier alpha value is -2.40.